The van der Waals surface area contributed by atoms with E-state index in [9.17, 15) is 0 Å². The Bertz CT molecular complexity index is 546. The van der Waals surface area contributed by atoms with Crippen molar-refractivity contribution in [2.45, 2.75) is 19.9 Å². The third-order valence-corrected chi connectivity index (χ3v) is 3.48. The third-order valence-electron chi connectivity index (χ3n) is 3.48. The van der Waals surface area contributed by atoms with Gasteiger partial charge in [-0.15, -0.1) is 0 Å². The van der Waals surface area contributed by atoms with Crippen molar-refractivity contribution in [1.82, 2.24) is 9.88 Å². The molecule has 1 aromatic carbocycles. The second-order valence-corrected chi connectivity index (χ2v) is 4.75. The number of nitrogens with zero attached hydrogens (tertiary/aromatic N) is 2. The molecule has 0 fully saturated rings. The maximum atomic E-state index is 4.46. The lowest BCUT2D eigenvalue weighted by Gasteiger charge is -2.25. The molecular formula is C14H16N2. The van der Waals surface area contributed by atoms with Crippen LogP contribution in [-0.2, 0) is 13.0 Å². The van der Waals surface area contributed by atoms with Crippen LogP contribution in [0, 0.1) is 6.92 Å². The minimum absolute atomic E-state index is 1.06. The minimum Gasteiger partial charge on any atom is -0.302 e. The Morgan fingerprint density at radius 3 is 3.00 bits per heavy atom. The van der Waals surface area contributed by atoms with Crippen LogP contribution in [0.25, 0.3) is 10.9 Å². The van der Waals surface area contributed by atoms with Crippen molar-refractivity contribution in [2.75, 3.05) is 13.6 Å². The van der Waals surface area contributed by atoms with E-state index in [1.165, 1.54) is 22.1 Å². The van der Waals surface area contributed by atoms with Gasteiger partial charge in [-0.05, 0) is 55.3 Å². The topological polar surface area (TPSA) is 16.1 Å². The van der Waals surface area contributed by atoms with Crippen molar-refractivity contribution in [3.63, 3.8) is 0 Å². The Morgan fingerprint density at radius 1 is 1.25 bits per heavy atom. The molecule has 2 aromatic rings. The van der Waals surface area contributed by atoms with E-state index in [4.69, 9.17) is 0 Å². The molecule has 0 aliphatic carbocycles. The lowest BCUT2D eigenvalue weighted by Crippen LogP contribution is -2.26. The van der Waals surface area contributed by atoms with Crippen molar-refractivity contribution >= 4 is 10.9 Å². The maximum absolute atomic E-state index is 4.46. The van der Waals surface area contributed by atoms with Gasteiger partial charge >= 0.3 is 0 Å². The summed E-state index contributed by atoms with van der Waals surface area (Å²) in [4.78, 5) is 6.82. The van der Waals surface area contributed by atoms with Gasteiger partial charge in [-0.1, -0.05) is 0 Å². The fourth-order valence-electron chi connectivity index (χ4n) is 2.48. The number of fused-ring (bicyclic) bond motifs is 2. The monoisotopic (exact) mass is 212 g/mol. The zero-order valence-corrected chi connectivity index (χ0v) is 9.83. The highest BCUT2D eigenvalue weighted by Gasteiger charge is 2.14. The van der Waals surface area contributed by atoms with Crippen LogP contribution >= 0.6 is 0 Å². The van der Waals surface area contributed by atoms with Gasteiger partial charge in [-0.2, -0.15) is 0 Å². The normalized spacial score (nSPS) is 16.4. The molecule has 2 heteroatoms. The van der Waals surface area contributed by atoms with Crippen molar-refractivity contribution in [1.29, 1.82) is 0 Å². The van der Waals surface area contributed by atoms with Gasteiger partial charge in [0.05, 0.1) is 5.52 Å². The molecule has 0 bridgehead atoms. The molecule has 0 spiro atoms. The predicted molar refractivity (Wildman–Crippen MR) is 66.5 cm³/mol. The summed E-state index contributed by atoms with van der Waals surface area (Å²) < 4.78 is 0. The maximum Gasteiger partial charge on any atom is 0.0708 e. The summed E-state index contributed by atoms with van der Waals surface area (Å²) in [5.74, 6) is 0. The van der Waals surface area contributed by atoms with E-state index in [1.54, 1.807) is 0 Å². The number of hydrogen-bond donors (Lipinski definition) is 0. The molecule has 0 unspecified atom stereocenters. The average molecular weight is 212 g/mol. The van der Waals surface area contributed by atoms with E-state index < -0.39 is 0 Å². The number of aryl methyl sites for hydroxylation is 1. The zero-order chi connectivity index (χ0) is 11.1. The summed E-state index contributed by atoms with van der Waals surface area (Å²) in [6, 6.07) is 6.68. The minimum atomic E-state index is 1.06. The molecule has 3 rings (SSSR count). The van der Waals surface area contributed by atoms with Crippen LogP contribution in [0.15, 0.2) is 24.4 Å². The number of rotatable bonds is 0. The van der Waals surface area contributed by atoms with E-state index >= 15 is 0 Å². The van der Waals surface area contributed by atoms with Gasteiger partial charge in [0, 0.05) is 24.7 Å². The number of aromatic nitrogens is 1. The number of pyridine rings is 1. The summed E-state index contributed by atoms with van der Waals surface area (Å²) >= 11 is 0. The summed E-state index contributed by atoms with van der Waals surface area (Å²) in [5, 5.41) is 1.31. The number of hydrogen-bond acceptors (Lipinski definition) is 2. The molecule has 1 aliphatic heterocycles. The van der Waals surface area contributed by atoms with Gasteiger partial charge in [0.1, 0.15) is 0 Å². The number of likely N-dealkylation sites (N-methyl/N-ethyl adjacent to an activating group) is 1. The SMILES string of the molecule is Cc1ccnc2cc3c(cc12)CCN(C)C3. The molecule has 0 radical (unpaired) electrons. The highest BCUT2D eigenvalue weighted by atomic mass is 15.1. The Morgan fingerprint density at radius 2 is 2.12 bits per heavy atom. The van der Waals surface area contributed by atoms with Gasteiger partial charge in [-0.3, -0.25) is 4.98 Å². The first-order chi connectivity index (χ1) is 7.74. The molecule has 16 heavy (non-hydrogen) atoms. The first-order valence-corrected chi connectivity index (χ1v) is 5.80. The summed E-state index contributed by atoms with van der Waals surface area (Å²) in [6.07, 6.45) is 3.06. The molecule has 82 valence electrons. The predicted octanol–water partition coefficient (Wildman–Crippen LogP) is 2.53. The molecule has 0 atom stereocenters. The first kappa shape index (κ1) is 9.79. The van der Waals surface area contributed by atoms with Crippen molar-refractivity contribution in [2.24, 2.45) is 0 Å². The van der Waals surface area contributed by atoms with E-state index in [1.807, 2.05) is 6.20 Å². The summed E-state index contributed by atoms with van der Waals surface area (Å²) in [5.41, 5.74) is 5.40. The molecule has 0 saturated carbocycles. The highest BCUT2D eigenvalue weighted by Crippen LogP contribution is 2.25. The zero-order valence-electron chi connectivity index (χ0n) is 9.83. The summed E-state index contributed by atoms with van der Waals surface area (Å²) in [6.45, 7) is 4.38. The Hall–Kier alpha value is -1.41. The standard InChI is InChI=1S/C14H16N2/c1-10-3-5-15-14-8-12-9-16(2)6-4-11(12)7-13(10)14/h3,5,7-8H,4,6,9H2,1-2H3. The van der Waals surface area contributed by atoms with Gasteiger partial charge in [0.15, 0.2) is 0 Å². The Kier molecular flexibility index (Phi) is 2.18. The van der Waals surface area contributed by atoms with E-state index in [2.05, 4.69) is 42.1 Å². The fourth-order valence-corrected chi connectivity index (χ4v) is 2.48. The molecule has 0 N–H and O–H groups in total. The largest absolute Gasteiger partial charge is 0.302 e. The highest BCUT2D eigenvalue weighted by molar-refractivity contribution is 5.83. The quantitative estimate of drug-likeness (QED) is 0.667. The Labute approximate surface area is 95.9 Å². The molecule has 0 amide bonds. The van der Waals surface area contributed by atoms with Crippen molar-refractivity contribution in [3.8, 4) is 0 Å². The van der Waals surface area contributed by atoms with Crippen LogP contribution in [0.2, 0.25) is 0 Å². The van der Waals surface area contributed by atoms with Gasteiger partial charge in [0.2, 0.25) is 0 Å². The second kappa shape index (κ2) is 3.56. The average Bonchev–Trinajstić information content (AvgIpc) is 2.27. The molecular weight excluding hydrogens is 196 g/mol. The van der Waals surface area contributed by atoms with Crippen molar-refractivity contribution < 1.29 is 0 Å². The van der Waals surface area contributed by atoms with Crippen LogP contribution in [0.1, 0.15) is 16.7 Å². The number of benzene rings is 1. The Balaban J connectivity index is 2.23. The van der Waals surface area contributed by atoms with Crippen molar-refractivity contribution in [3.05, 3.63) is 41.1 Å². The van der Waals surface area contributed by atoms with E-state index in [-0.39, 0.29) is 0 Å². The lowest BCUT2D eigenvalue weighted by atomic mass is 9.96. The molecule has 1 aliphatic rings. The van der Waals surface area contributed by atoms with E-state index in [0.29, 0.717) is 0 Å². The molecule has 0 saturated heterocycles. The van der Waals surface area contributed by atoms with Crippen LogP contribution < -0.4 is 0 Å². The molecule has 1 aromatic heterocycles. The fraction of sp³-hybridized carbons (Fsp3) is 0.357. The van der Waals surface area contributed by atoms with Gasteiger partial charge in [-0.25, -0.2) is 0 Å². The van der Waals surface area contributed by atoms with Gasteiger partial charge in [0.25, 0.3) is 0 Å². The van der Waals surface area contributed by atoms with E-state index in [0.717, 1.165) is 25.0 Å². The van der Waals surface area contributed by atoms with Gasteiger partial charge < -0.3 is 4.90 Å². The summed E-state index contributed by atoms with van der Waals surface area (Å²) in [7, 11) is 2.18. The lowest BCUT2D eigenvalue weighted by molar-refractivity contribution is 0.313. The van der Waals surface area contributed by atoms with Crippen LogP contribution in [0.4, 0.5) is 0 Å². The second-order valence-electron chi connectivity index (χ2n) is 4.75. The smallest absolute Gasteiger partial charge is 0.0708 e. The van der Waals surface area contributed by atoms with Crippen LogP contribution in [0.5, 0.6) is 0 Å². The third kappa shape index (κ3) is 1.50. The van der Waals surface area contributed by atoms with Crippen LogP contribution in [0.3, 0.4) is 0 Å². The van der Waals surface area contributed by atoms with Crippen LogP contribution in [-0.4, -0.2) is 23.5 Å². The molecule has 2 heterocycles. The first-order valence-electron chi connectivity index (χ1n) is 5.80. The molecule has 2 nitrogen and oxygen atoms in total.